The maximum absolute atomic E-state index is 14.7. The predicted molar refractivity (Wildman–Crippen MR) is 92.1 cm³/mol. The van der Waals surface area contributed by atoms with Gasteiger partial charge in [-0.1, -0.05) is 6.07 Å². The van der Waals surface area contributed by atoms with E-state index < -0.39 is 30.4 Å². The van der Waals surface area contributed by atoms with Gasteiger partial charge in [0.05, 0.1) is 18.8 Å². The Morgan fingerprint density at radius 2 is 2.07 bits per heavy atom. The third-order valence-electron chi connectivity index (χ3n) is 4.35. The fraction of sp³-hybridized carbons (Fsp3) is 0.235. The fourth-order valence-electron chi connectivity index (χ4n) is 2.92. The molecule has 0 radical (unpaired) electrons. The molecule has 1 atom stereocenters. The van der Waals surface area contributed by atoms with Gasteiger partial charge in [0.2, 0.25) is 0 Å². The van der Waals surface area contributed by atoms with Crippen molar-refractivity contribution in [1.82, 2.24) is 25.2 Å². The highest BCUT2D eigenvalue weighted by Crippen LogP contribution is 2.32. The van der Waals surface area contributed by atoms with Crippen LogP contribution >= 0.6 is 0 Å². The lowest BCUT2D eigenvalue weighted by atomic mass is 10.1. The highest BCUT2D eigenvalue weighted by atomic mass is 19.2. The zero-order valence-corrected chi connectivity index (χ0v) is 14.6. The van der Waals surface area contributed by atoms with Gasteiger partial charge in [0.25, 0.3) is 0 Å². The first-order valence-corrected chi connectivity index (χ1v) is 8.25. The average molecular weight is 388 g/mol. The van der Waals surface area contributed by atoms with Crippen LogP contribution in [0.3, 0.4) is 0 Å². The number of rotatable bonds is 4. The molecule has 1 aliphatic heterocycles. The van der Waals surface area contributed by atoms with Crippen LogP contribution in [0.1, 0.15) is 0 Å². The number of hydrogen-bond acceptors (Lipinski definition) is 7. The van der Waals surface area contributed by atoms with Crippen molar-refractivity contribution in [3.8, 4) is 22.6 Å². The van der Waals surface area contributed by atoms with Gasteiger partial charge in [-0.15, -0.1) is 5.10 Å². The number of tetrazole rings is 1. The summed E-state index contributed by atoms with van der Waals surface area (Å²) in [6, 6.07) is 5.81. The van der Waals surface area contributed by atoms with Crippen molar-refractivity contribution >= 4 is 11.8 Å². The Hall–Kier alpha value is -3.47. The number of aliphatic hydroxyl groups excluding tert-OH is 1. The van der Waals surface area contributed by atoms with Gasteiger partial charge in [-0.05, 0) is 28.6 Å². The Balaban J connectivity index is 1.65. The largest absolute Gasteiger partial charge is 0.441 e. The first-order chi connectivity index (χ1) is 13.5. The van der Waals surface area contributed by atoms with Crippen LogP contribution in [0.2, 0.25) is 0 Å². The first kappa shape index (κ1) is 17.9. The molecule has 1 fully saturated rings. The lowest BCUT2D eigenvalue weighted by Gasteiger charge is -2.15. The third kappa shape index (κ3) is 2.95. The Morgan fingerprint density at radius 3 is 2.68 bits per heavy atom. The number of aryl methyl sites for hydroxylation is 1. The van der Waals surface area contributed by atoms with Crippen LogP contribution in [0.25, 0.3) is 22.6 Å². The second-order valence-corrected chi connectivity index (χ2v) is 6.12. The number of ether oxygens (including phenoxy) is 1. The normalized spacial score (nSPS) is 16.5. The van der Waals surface area contributed by atoms with Crippen molar-refractivity contribution in [3.05, 3.63) is 42.1 Å². The molecule has 1 amide bonds. The van der Waals surface area contributed by atoms with E-state index in [1.807, 2.05) is 0 Å². The van der Waals surface area contributed by atoms with Gasteiger partial charge in [0, 0.05) is 24.4 Å². The summed E-state index contributed by atoms with van der Waals surface area (Å²) in [6.07, 6.45) is -0.233. The molecule has 28 heavy (non-hydrogen) atoms. The van der Waals surface area contributed by atoms with E-state index in [-0.39, 0.29) is 17.8 Å². The van der Waals surface area contributed by atoms with Crippen LogP contribution < -0.4 is 4.90 Å². The first-order valence-electron chi connectivity index (χ1n) is 8.25. The Kier molecular flexibility index (Phi) is 4.43. The van der Waals surface area contributed by atoms with Gasteiger partial charge < -0.3 is 9.84 Å². The van der Waals surface area contributed by atoms with Crippen LogP contribution in [0.15, 0.2) is 30.5 Å². The maximum Gasteiger partial charge on any atom is 0.414 e. The van der Waals surface area contributed by atoms with Gasteiger partial charge in [-0.2, -0.15) is 0 Å². The lowest BCUT2D eigenvalue weighted by Crippen LogP contribution is -2.26. The SMILES string of the molecule is Cn1nnnc1-c1ccc(-c2ccc(N3C[C@H](CO)OC3=O)c(F)c2F)cn1. The van der Waals surface area contributed by atoms with E-state index in [0.29, 0.717) is 17.1 Å². The molecule has 3 aromatic rings. The van der Waals surface area contributed by atoms with E-state index in [0.717, 1.165) is 4.90 Å². The van der Waals surface area contributed by atoms with Gasteiger partial charge in [0.1, 0.15) is 11.8 Å². The smallest absolute Gasteiger partial charge is 0.414 e. The summed E-state index contributed by atoms with van der Waals surface area (Å²) in [4.78, 5) is 17.0. The van der Waals surface area contributed by atoms with Crippen LogP contribution in [-0.2, 0) is 11.8 Å². The summed E-state index contributed by atoms with van der Waals surface area (Å²) >= 11 is 0. The minimum Gasteiger partial charge on any atom is -0.441 e. The molecule has 0 aliphatic carbocycles. The van der Waals surface area contributed by atoms with Crippen molar-refractivity contribution in [2.45, 2.75) is 6.10 Å². The number of anilines is 1. The monoisotopic (exact) mass is 388 g/mol. The number of benzene rings is 1. The highest BCUT2D eigenvalue weighted by molar-refractivity contribution is 5.90. The number of nitrogens with zero attached hydrogens (tertiary/aromatic N) is 6. The van der Waals surface area contributed by atoms with Crippen molar-refractivity contribution in [1.29, 1.82) is 0 Å². The molecule has 1 N–H and O–H groups in total. The van der Waals surface area contributed by atoms with E-state index in [9.17, 15) is 13.6 Å². The van der Waals surface area contributed by atoms with Crippen LogP contribution in [0, 0.1) is 11.6 Å². The van der Waals surface area contributed by atoms with E-state index in [4.69, 9.17) is 9.84 Å². The van der Waals surface area contributed by atoms with E-state index in [1.165, 1.54) is 23.0 Å². The summed E-state index contributed by atoms with van der Waals surface area (Å²) in [5.41, 5.74) is 0.558. The molecule has 1 aromatic carbocycles. The maximum atomic E-state index is 14.7. The zero-order valence-electron chi connectivity index (χ0n) is 14.6. The highest BCUT2D eigenvalue weighted by Gasteiger charge is 2.34. The number of carbonyl (C=O) groups is 1. The molecule has 4 rings (SSSR count). The molecule has 0 spiro atoms. The number of pyridine rings is 1. The van der Waals surface area contributed by atoms with Gasteiger partial charge in [-0.25, -0.2) is 18.3 Å². The number of amides is 1. The minimum absolute atomic E-state index is 0.0114. The molecule has 9 nitrogen and oxygen atoms in total. The van der Waals surface area contributed by atoms with Crippen molar-refractivity contribution in [2.24, 2.45) is 7.05 Å². The average Bonchev–Trinajstić information content (AvgIpc) is 3.29. The Bertz CT molecular complexity index is 1040. The summed E-state index contributed by atoms with van der Waals surface area (Å²) in [5.74, 6) is -1.87. The zero-order chi connectivity index (χ0) is 19.8. The van der Waals surface area contributed by atoms with E-state index >= 15 is 0 Å². The van der Waals surface area contributed by atoms with Crippen molar-refractivity contribution in [3.63, 3.8) is 0 Å². The number of hydrogen-bond donors (Lipinski definition) is 1. The second-order valence-electron chi connectivity index (χ2n) is 6.12. The quantitative estimate of drug-likeness (QED) is 0.722. The number of aliphatic hydroxyl groups is 1. The number of aromatic nitrogens is 5. The lowest BCUT2D eigenvalue weighted by molar-refractivity contribution is 0.0963. The Labute approximate surface area is 157 Å². The molecular formula is C17H14F2N6O3. The molecule has 0 bridgehead atoms. The predicted octanol–water partition coefficient (Wildman–Crippen LogP) is 1.53. The van der Waals surface area contributed by atoms with Crippen LogP contribution in [0.5, 0.6) is 0 Å². The summed E-state index contributed by atoms with van der Waals surface area (Å²) < 4.78 is 35.6. The number of carbonyl (C=O) groups excluding carboxylic acids is 1. The number of halogens is 2. The summed E-state index contributed by atoms with van der Waals surface area (Å²) in [5, 5.41) is 20.2. The van der Waals surface area contributed by atoms with Crippen LogP contribution in [-0.4, -0.2) is 55.6 Å². The molecular weight excluding hydrogens is 374 g/mol. The van der Waals surface area contributed by atoms with Gasteiger partial charge in [0.15, 0.2) is 17.5 Å². The second kappa shape index (κ2) is 6.93. The van der Waals surface area contributed by atoms with Crippen molar-refractivity contribution < 1.29 is 23.4 Å². The van der Waals surface area contributed by atoms with E-state index in [1.54, 1.807) is 19.2 Å². The fourth-order valence-corrected chi connectivity index (χ4v) is 2.92. The summed E-state index contributed by atoms with van der Waals surface area (Å²) in [6.45, 7) is -0.462. The molecule has 1 saturated heterocycles. The number of cyclic esters (lactones) is 1. The molecule has 11 heteroatoms. The van der Waals surface area contributed by atoms with Gasteiger partial charge >= 0.3 is 6.09 Å². The molecule has 0 saturated carbocycles. The van der Waals surface area contributed by atoms with Gasteiger partial charge in [-0.3, -0.25) is 9.88 Å². The topological polar surface area (TPSA) is 106 Å². The Morgan fingerprint density at radius 1 is 1.25 bits per heavy atom. The molecule has 3 heterocycles. The van der Waals surface area contributed by atoms with Crippen LogP contribution in [0.4, 0.5) is 19.3 Å². The molecule has 144 valence electrons. The molecule has 1 aliphatic rings. The van der Waals surface area contributed by atoms with Crippen molar-refractivity contribution in [2.75, 3.05) is 18.1 Å². The molecule has 2 aromatic heterocycles. The summed E-state index contributed by atoms with van der Waals surface area (Å²) in [7, 11) is 1.66. The minimum atomic E-state index is -1.19. The molecule has 0 unspecified atom stereocenters. The van der Waals surface area contributed by atoms with E-state index in [2.05, 4.69) is 20.5 Å². The third-order valence-corrected chi connectivity index (χ3v) is 4.35. The standard InChI is InChI=1S/C17H14F2N6O3/c1-24-16(21-22-23-24)12-4-2-9(6-20-12)11-3-5-13(15(19)14(11)18)25-7-10(8-26)28-17(25)27/h2-6,10,26H,7-8H2,1H3/t10-/m1/s1.